The average Bonchev–Trinajstić information content (AvgIpc) is 3.17. The van der Waals surface area contributed by atoms with Crippen molar-refractivity contribution in [2.75, 3.05) is 17.6 Å². The zero-order chi connectivity index (χ0) is 22.7. The van der Waals surface area contributed by atoms with E-state index in [-0.39, 0.29) is 34.9 Å². The quantitative estimate of drug-likeness (QED) is 0.277. The Morgan fingerprint density at radius 2 is 1.94 bits per heavy atom. The summed E-state index contributed by atoms with van der Waals surface area (Å²) in [5.74, 6) is -0.588. The predicted octanol–water partition coefficient (Wildman–Crippen LogP) is 1.00. The van der Waals surface area contributed by atoms with Gasteiger partial charge in [0.15, 0.2) is 0 Å². The van der Waals surface area contributed by atoms with Crippen molar-refractivity contribution in [1.29, 1.82) is 0 Å². The molecule has 4 aromatic rings. The second-order valence-electron chi connectivity index (χ2n) is 6.85. The maximum absolute atomic E-state index is 12.9. The first kappa shape index (κ1) is 21.2. The molecule has 1 aromatic carbocycles. The minimum atomic E-state index is -3.99. The Bertz CT molecular complexity index is 1450. The first-order valence-electron chi connectivity index (χ1n) is 9.51. The van der Waals surface area contributed by atoms with Gasteiger partial charge in [0.25, 0.3) is 11.5 Å². The van der Waals surface area contributed by atoms with Crippen LogP contribution < -0.4 is 21.3 Å². The van der Waals surface area contributed by atoms with Crippen LogP contribution in [0.1, 0.15) is 16.1 Å². The van der Waals surface area contributed by atoms with Crippen LogP contribution in [0.25, 0.3) is 11.0 Å². The molecule has 0 bridgehead atoms. The normalized spacial score (nSPS) is 11.5. The molecule has 0 radical (unpaired) electrons. The molecule has 3 heterocycles. The van der Waals surface area contributed by atoms with Gasteiger partial charge in [-0.05, 0) is 30.3 Å². The summed E-state index contributed by atoms with van der Waals surface area (Å²) in [5, 5.41) is 2.96. The minimum Gasteiger partial charge on any atom is -0.369 e. The maximum atomic E-state index is 12.9. The van der Waals surface area contributed by atoms with E-state index in [9.17, 15) is 18.0 Å². The van der Waals surface area contributed by atoms with Crippen LogP contribution in [0.3, 0.4) is 0 Å². The average molecular weight is 453 g/mol. The number of amides is 1. The van der Waals surface area contributed by atoms with Crippen molar-refractivity contribution in [3.8, 4) is 0 Å². The smallest absolute Gasteiger partial charge is 0.261 e. The van der Waals surface area contributed by atoms with E-state index in [0.29, 0.717) is 22.4 Å². The standard InChI is InChI=1S/C20H19N7O4S/c21-20-26-17-15(19(29)27-20)10-12(24-17)7-9-23-32(30,31)16-6-2-1-5-14(16)18(28)25-13-4-3-8-22-11-13/h1-6,8,10-11,23H,7,9H2,(H,25,28)(H4,21,24,26,27,29). The van der Waals surface area contributed by atoms with Crippen molar-refractivity contribution >= 4 is 38.6 Å². The van der Waals surface area contributed by atoms with Crippen LogP contribution in [0.5, 0.6) is 0 Å². The van der Waals surface area contributed by atoms with Crippen molar-refractivity contribution in [1.82, 2.24) is 24.7 Å². The molecule has 0 spiro atoms. The SMILES string of the molecule is Nc1nc2[nH]c(CCNS(=O)(=O)c3ccccc3C(=O)Nc3cccnc3)cc2c(=O)[nH]1. The van der Waals surface area contributed by atoms with Crippen LogP contribution in [0.15, 0.2) is 64.5 Å². The summed E-state index contributed by atoms with van der Waals surface area (Å²) >= 11 is 0. The maximum Gasteiger partial charge on any atom is 0.261 e. The number of anilines is 2. The van der Waals surface area contributed by atoms with E-state index >= 15 is 0 Å². The highest BCUT2D eigenvalue weighted by atomic mass is 32.2. The van der Waals surface area contributed by atoms with Crippen molar-refractivity contribution in [2.45, 2.75) is 11.3 Å². The van der Waals surface area contributed by atoms with Gasteiger partial charge in [-0.15, -0.1) is 0 Å². The number of rotatable bonds is 7. The number of nitrogens with zero attached hydrogens (tertiary/aromatic N) is 2. The van der Waals surface area contributed by atoms with Gasteiger partial charge in [-0.3, -0.25) is 19.6 Å². The number of hydrogen-bond acceptors (Lipinski definition) is 7. The third kappa shape index (κ3) is 4.50. The highest BCUT2D eigenvalue weighted by Crippen LogP contribution is 2.17. The van der Waals surface area contributed by atoms with Gasteiger partial charge in [0, 0.05) is 24.9 Å². The molecule has 11 nitrogen and oxygen atoms in total. The summed E-state index contributed by atoms with van der Waals surface area (Å²) < 4.78 is 28.2. The van der Waals surface area contributed by atoms with Gasteiger partial charge in [-0.25, -0.2) is 13.1 Å². The van der Waals surface area contributed by atoms with Crippen molar-refractivity contribution < 1.29 is 13.2 Å². The van der Waals surface area contributed by atoms with Crippen LogP contribution in [0, 0.1) is 0 Å². The van der Waals surface area contributed by atoms with Gasteiger partial charge < -0.3 is 16.0 Å². The molecule has 0 saturated heterocycles. The minimum absolute atomic E-state index is 0.000624. The van der Waals surface area contributed by atoms with Gasteiger partial charge in [0.1, 0.15) is 5.65 Å². The van der Waals surface area contributed by atoms with Gasteiger partial charge in [0.2, 0.25) is 16.0 Å². The molecule has 32 heavy (non-hydrogen) atoms. The molecule has 6 N–H and O–H groups in total. The Balaban J connectivity index is 1.49. The number of hydrogen-bond donors (Lipinski definition) is 5. The number of H-pyrrole nitrogens is 2. The Morgan fingerprint density at radius 3 is 2.72 bits per heavy atom. The predicted molar refractivity (Wildman–Crippen MR) is 119 cm³/mol. The lowest BCUT2D eigenvalue weighted by Gasteiger charge is -2.11. The zero-order valence-electron chi connectivity index (χ0n) is 16.6. The molecule has 0 aliphatic carbocycles. The fraction of sp³-hybridized carbons (Fsp3) is 0.100. The molecule has 164 valence electrons. The van der Waals surface area contributed by atoms with E-state index in [1.807, 2.05) is 0 Å². The summed E-state index contributed by atoms with van der Waals surface area (Å²) in [4.78, 5) is 37.7. The number of aromatic amines is 2. The van der Waals surface area contributed by atoms with Crippen molar-refractivity contribution in [2.24, 2.45) is 0 Å². The molecule has 0 aliphatic rings. The summed E-state index contributed by atoms with van der Waals surface area (Å²) in [6.07, 6.45) is 3.28. The van der Waals surface area contributed by atoms with Gasteiger partial charge in [-0.1, -0.05) is 12.1 Å². The van der Waals surface area contributed by atoms with Crippen molar-refractivity contribution in [3.05, 3.63) is 76.5 Å². The molecular formula is C20H19N7O4S. The topological polar surface area (TPSA) is 176 Å². The number of fused-ring (bicyclic) bond motifs is 1. The molecule has 0 unspecified atom stereocenters. The Morgan fingerprint density at radius 1 is 1.12 bits per heavy atom. The third-order valence-corrected chi connectivity index (χ3v) is 6.12. The van der Waals surface area contributed by atoms with E-state index in [0.717, 1.165) is 0 Å². The molecular weight excluding hydrogens is 434 g/mol. The fourth-order valence-electron chi connectivity index (χ4n) is 3.15. The van der Waals surface area contributed by atoms with E-state index < -0.39 is 15.9 Å². The van der Waals surface area contributed by atoms with Gasteiger partial charge >= 0.3 is 0 Å². The molecule has 0 aliphatic heterocycles. The number of sulfonamides is 1. The first-order chi connectivity index (χ1) is 15.3. The van der Waals surface area contributed by atoms with Crippen LogP contribution in [0.4, 0.5) is 11.6 Å². The third-order valence-electron chi connectivity index (χ3n) is 4.60. The Kier molecular flexibility index (Phi) is 5.71. The van der Waals surface area contributed by atoms with E-state index in [1.165, 1.54) is 24.4 Å². The van der Waals surface area contributed by atoms with E-state index in [1.54, 1.807) is 30.5 Å². The van der Waals surface area contributed by atoms with Crippen LogP contribution >= 0.6 is 0 Å². The van der Waals surface area contributed by atoms with Crippen LogP contribution in [-0.2, 0) is 16.4 Å². The number of pyridine rings is 1. The summed E-state index contributed by atoms with van der Waals surface area (Å²) in [7, 11) is -3.99. The van der Waals surface area contributed by atoms with Gasteiger partial charge in [0.05, 0.1) is 27.7 Å². The molecule has 0 fully saturated rings. The molecule has 0 saturated carbocycles. The second-order valence-corrected chi connectivity index (χ2v) is 8.58. The van der Waals surface area contributed by atoms with Gasteiger partial charge in [-0.2, -0.15) is 4.98 Å². The summed E-state index contributed by atoms with van der Waals surface area (Å²) in [5.41, 5.74) is 6.52. The van der Waals surface area contributed by atoms with E-state index in [4.69, 9.17) is 5.73 Å². The molecule has 3 aromatic heterocycles. The number of nitrogens with one attached hydrogen (secondary N) is 4. The van der Waals surface area contributed by atoms with Crippen LogP contribution in [-0.4, -0.2) is 40.8 Å². The number of carbonyl (C=O) groups is 1. The van der Waals surface area contributed by atoms with Crippen molar-refractivity contribution in [3.63, 3.8) is 0 Å². The highest BCUT2D eigenvalue weighted by molar-refractivity contribution is 7.89. The summed E-state index contributed by atoms with van der Waals surface area (Å²) in [6, 6.07) is 10.8. The second kappa shape index (κ2) is 8.61. The number of benzene rings is 1. The highest BCUT2D eigenvalue weighted by Gasteiger charge is 2.22. The molecule has 12 heteroatoms. The number of nitrogens with two attached hydrogens (primary N) is 1. The van der Waals surface area contributed by atoms with Crippen LogP contribution in [0.2, 0.25) is 0 Å². The Labute approximate surface area is 182 Å². The first-order valence-corrected chi connectivity index (χ1v) is 11.0. The van der Waals surface area contributed by atoms with E-state index in [2.05, 4.69) is 30.0 Å². The summed E-state index contributed by atoms with van der Waals surface area (Å²) in [6.45, 7) is 0.0289. The monoisotopic (exact) mass is 453 g/mol. The molecule has 0 atom stereocenters. The lowest BCUT2D eigenvalue weighted by molar-refractivity contribution is 0.102. The Hall–Kier alpha value is -4.03. The largest absolute Gasteiger partial charge is 0.369 e. The molecule has 4 rings (SSSR count). The zero-order valence-corrected chi connectivity index (χ0v) is 17.4. The lowest BCUT2D eigenvalue weighted by atomic mass is 10.2. The lowest BCUT2D eigenvalue weighted by Crippen LogP contribution is -2.28. The fourth-order valence-corrected chi connectivity index (χ4v) is 4.38. The number of aromatic nitrogens is 4. The number of nitrogen functional groups attached to an aromatic ring is 1. The number of carbonyl (C=O) groups excluding carboxylic acids is 1. The molecule has 1 amide bonds.